The summed E-state index contributed by atoms with van der Waals surface area (Å²) in [4.78, 5) is 16.0. The minimum absolute atomic E-state index is 0.419. The number of carbonyl (C=O) groups excluding carboxylic acids is 1. The lowest BCUT2D eigenvalue weighted by molar-refractivity contribution is 0.100. The van der Waals surface area contributed by atoms with Crippen molar-refractivity contribution in [1.82, 2.24) is 9.55 Å². The van der Waals surface area contributed by atoms with Crippen molar-refractivity contribution in [3.05, 3.63) is 77.6 Å². The highest BCUT2D eigenvalue weighted by molar-refractivity contribution is 6.17. The molecule has 4 heteroatoms. The molecule has 4 rings (SSSR count). The van der Waals surface area contributed by atoms with Crippen LogP contribution in [0.5, 0.6) is 0 Å². The smallest absolute Gasteiger partial charge is 0.249 e. The summed E-state index contributed by atoms with van der Waals surface area (Å²) in [6, 6.07) is 17.0. The lowest BCUT2D eigenvalue weighted by Gasteiger charge is -2.08. The minimum atomic E-state index is -0.419. The summed E-state index contributed by atoms with van der Waals surface area (Å²) in [5.74, 6) is -0.419. The maximum Gasteiger partial charge on any atom is 0.249 e. The molecule has 2 N–H and O–H groups in total. The SMILES string of the molecule is Cc1c[c]c2c3c(C(N)=O)cccc3n(Cc3ccncc3)c2c1. The molecule has 0 aliphatic rings. The molecule has 2 aromatic heterocycles. The van der Waals surface area contributed by atoms with Crippen LogP contribution in [0.25, 0.3) is 21.8 Å². The first kappa shape index (κ1) is 14.5. The summed E-state index contributed by atoms with van der Waals surface area (Å²) >= 11 is 0. The quantitative estimate of drug-likeness (QED) is 0.629. The van der Waals surface area contributed by atoms with Crippen molar-refractivity contribution in [3.8, 4) is 0 Å². The summed E-state index contributed by atoms with van der Waals surface area (Å²) in [5, 5.41) is 1.80. The number of aryl methyl sites for hydroxylation is 1. The average molecular weight is 314 g/mol. The average Bonchev–Trinajstić information content (AvgIpc) is 2.89. The summed E-state index contributed by atoms with van der Waals surface area (Å²) in [6.07, 6.45) is 3.57. The Morgan fingerprint density at radius 2 is 2.00 bits per heavy atom. The Kier molecular flexibility index (Phi) is 3.31. The number of primary amides is 1. The van der Waals surface area contributed by atoms with Crippen LogP contribution in [-0.4, -0.2) is 15.5 Å². The molecule has 0 aliphatic carbocycles. The molecule has 0 bridgehead atoms. The number of aromatic nitrogens is 2. The van der Waals surface area contributed by atoms with Gasteiger partial charge in [-0.15, -0.1) is 0 Å². The zero-order chi connectivity index (χ0) is 16.7. The summed E-state index contributed by atoms with van der Waals surface area (Å²) < 4.78 is 2.20. The van der Waals surface area contributed by atoms with E-state index in [9.17, 15) is 4.79 Å². The van der Waals surface area contributed by atoms with E-state index in [0.29, 0.717) is 12.1 Å². The van der Waals surface area contributed by atoms with E-state index < -0.39 is 5.91 Å². The highest BCUT2D eigenvalue weighted by Crippen LogP contribution is 2.32. The molecule has 0 unspecified atom stereocenters. The second-order valence-corrected chi connectivity index (χ2v) is 5.94. The normalized spacial score (nSPS) is 11.2. The van der Waals surface area contributed by atoms with Crippen molar-refractivity contribution >= 4 is 27.7 Å². The largest absolute Gasteiger partial charge is 0.366 e. The van der Waals surface area contributed by atoms with Gasteiger partial charge in [0.25, 0.3) is 0 Å². The molecule has 0 spiro atoms. The molecule has 1 radical (unpaired) electrons. The van der Waals surface area contributed by atoms with Crippen molar-refractivity contribution in [3.63, 3.8) is 0 Å². The number of hydrogen-bond donors (Lipinski definition) is 1. The third kappa shape index (κ3) is 2.24. The van der Waals surface area contributed by atoms with E-state index in [1.165, 1.54) is 0 Å². The molecular weight excluding hydrogens is 298 g/mol. The van der Waals surface area contributed by atoms with Gasteiger partial charge in [-0.05, 0) is 54.4 Å². The van der Waals surface area contributed by atoms with Gasteiger partial charge >= 0.3 is 0 Å². The fourth-order valence-electron chi connectivity index (χ4n) is 3.21. The van der Waals surface area contributed by atoms with Crippen LogP contribution in [0, 0.1) is 13.0 Å². The Morgan fingerprint density at radius 1 is 1.21 bits per heavy atom. The van der Waals surface area contributed by atoms with Crippen molar-refractivity contribution in [2.75, 3.05) is 0 Å². The summed E-state index contributed by atoms with van der Waals surface area (Å²) in [5.41, 5.74) is 10.4. The van der Waals surface area contributed by atoms with Crippen LogP contribution in [0.1, 0.15) is 21.5 Å². The predicted molar refractivity (Wildman–Crippen MR) is 94.9 cm³/mol. The molecule has 117 valence electrons. The van der Waals surface area contributed by atoms with Crippen LogP contribution < -0.4 is 5.73 Å². The van der Waals surface area contributed by atoms with Crippen LogP contribution in [-0.2, 0) is 6.54 Å². The molecular formula is C20H16N3O. The number of nitrogens with two attached hydrogens (primary N) is 1. The molecule has 2 aromatic carbocycles. The summed E-state index contributed by atoms with van der Waals surface area (Å²) in [6.45, 7) is 2.74. The zero-order valence-electron chi connectivity index (χ0n) is 13.3. The fraction of sp³-hybridized carbons (Fsp3) is 0.100. The number of hydrogen-bond acceptors (Lipinski definition) is 2. The third-order valence-electron chi connectivity index (χ3n) is 4.29. The second-order valence-electron chi connectivity index (χ2n) is 5.94. The maximum atomic E-state index is 11.9. The fourth-order valence-corrected chi connectivity index (χ4v) is 3.21. The van der Waals surface area contributed by atoms with E-state index in [1.807, 2.05) is 37.3 Å². The Bertz CT molecular complexity index is 1060. The van der Waals surface area contributed by atoms with Crippen LogP contribution in [0.3, 0.4) is 0 Å². The standard InChI is InChI=1S/C20H16N3O/c1-13-5-6-15-18(11-13)23(12-14-7-9-22-10-8-14)17-4-2-3-16(19(15)17)20(21)24/h2-5,7-11H,12H2,1H3,(H2,21,24). The van der Waals surface area contributed by atoms with E-state index in [-0.39, 0.29) is 0 Å². The van der Waals surface area contributed by atoms with Gasteiger partial charge in [0.2, 0.25) is 5.91 Å². The Labute approximate surface area is 139 Å². The second kappa shape index (κ2) is 5.49. The van der Waals surface area contributed by atoms with E-state index in [4.69, 9.17) is 5.73 Å². The number of nitrogens with zero attached hydrogens (tertiary/aromatic N) is 2. The number of carbonyl (C=O) groups is 1. The zero-order valence-corrected chi connectivity index (χ0v) is 13.3. The Morgan fingerprint density at radius 3 is 2.75 bits per heavy atom. The topological polar surface area (TPSA) is 60.9 Å². The van der Waals surface area contributed by atoms with E-state index in [0.717, 1.165) is 32.9 Å². The Balaban J connectivity index is 2.08. The van der Waals surface area contributed by atoms with Gasteiger partial charge in [-0.1, -0.05) is 12.1 Å². The van der Waals surface area contributed by atoms with Crippen LogP contribution in [0.4, 0.5) is 0 Å². The lowest BCUT2D eigenvalue weighted by Crippen LogP contribution is -2.11. The van der Waals surface area contributed by atoms with Crippen molar-refractivity contribution < 1.29 is 4.79 Å². The van der Waals surface area contributed by atoms with Gasteiger partial charge in [-0.25, -0.2) is 0 Å². The van der Waals surface area contributed by atoms with Crippen molar-refractivity contribution in [2.45, 2.75) is 13.5 Å². The first-order chi connectivity index (χ1) is 11.6. The molecule has 4 aromatic rings. The van der Waals surface area contributed by atoms with Gasteiger partial charge in [-0.2, -0.15) is 0 Å². The van der Waals surface area contributed by atoms with E-state index >= 15 is 0 Å². The molecule has 0 saturated carbocycles. The highest BCUT2D eigenvalue weighted by atomic mass is 16.1. The highest BCUT2D eigenvalue weighted by Gasteiger charge is 2.16. The monoisotopic (exact) mass is 314 g/mol. The molecule has 0 aliphatic heterocycles. The molecule has 4 nitrogen and oxygen atoms in total. The molecule has 0 saturated heterocycles. The molecule has 0 atom stereocenters. The number of fused-ring (bicyclic) bond motifs is 3. The predicted octanol–water partition coefficient (Wildman–Crippen LogP) is 3.45. The van der Waals surface area contributed by atoms with Gasteiger partial charge in [0.15, 0.2) is 0 Å². The number of pyridine rings is 1. The molecule has 0 fully saturated rings. The number of rotatable bonds is 3. The van der Waals surface area contributed by atoms with E-state index in [1.54, 1.807) is 18.5 Å². The molecule has 24 heavy (non-hydrogen) atoms. The van der Waals surface area contributed by atoms with Gasteiger partial charge < -0.3 is 10.3 Å². The third-order valence-corrected chi connectivity index (χ3v) is 4.29. The van der Waals surface area contributed by atoms with Crippen LogP contribution >= 0.6 is 0 Å². The van der Waals surface area contributed by atoms with Gasteiger partial charge in [0.1, 0.15) is 0 Å². The first-order valence-corrected chi connectivity index (χ1v) is 7.77. The van der Waals surface area contributed by atoms with Crippen LogP contribution in [0.2, 0.25) is 0 Å². The van der Waals surface area contributed by atoms with Gasteiger partial charge in [0, 0.05) is 35.3 Å². The van der Waals surface area contributed by atoms with Crippen molar-refractivity contribution in [2.24, 2.45) is 5.73 Å². The minimum Gasteiger partial charge on any atom is -0.366 e. The summed E-state index contributed by atoms with van der Waals surface area (Å²) in [7, 11) is 0. The Hall–Kier alpha value is -3.14. The van der Waals surface area contributed by atoms with Crippen LogP contribution in [0.15, 0.2) is 54.9 Å². The first-order valence-electron chi connectivity index (χ1n) is 7.77. The number of amides is 1. The number of benzene rings is 2. The van der Waals surface area contributed by atoms with Gasteiger partial charge in [-0.3, -0.25) is 9.78 Å². The molecule has 2 heterocycles. The molecule has 1 amide bonds. The van der Waals surface area contributed by atoms with Gasteiger partial charge in [0.05, 0.1) is 11.0 Å². The maximum absolute atomic E-state index is 11.9. The van der Waals surface area contributed by atoms with Crippen molar-refractivity contribution in [1.29, 1.82) is 0 Å². The lowest BCUT2D eigenvalue weighted by atomic mass is 10.1. The van der Waals surface area contributed by atoms with E-state index in [2.05, 4.69) is 21.7 Å².